The van der Waals surface area contributed by atoms with Crippen LogP contribution in [-0.2, 0) is 4.79 Å². The van der Waals surface area contributed by atoms with E-state index in [0.717, 1.165) is 44.5 Å². The van der Waals surface area contributed by atoms with Crippen molar-refractivity contribution in [3.8, 4) is 16.9 Å². The van der Waals surface area contributed by atoms with Crippen molar-refractivity contribution < 1.29 is 13.9 Å². The number of allylic oxidation sites excluding steroid dienone is 1. The number of carbonyl (C=O) groups is 1. The minimum Gasteiger partial charge on any atom is -0.493 e. The molecule has 1 heterocycles. The standard InChI is InChI=1S/C25H28ClNO3/c1-6-27(7-2)23(28)13-16(4)20-14-21-22(18-9-11-19(26)12-10-18)15-30-25(21)17(5)24(20)29-8-3/h9-15H,6-8H2,1-5H3/b16-13+. The Morgan fingerprint density at radius 1 is 1.17 bits per heavy atom. The number of hydrogen-bond donors (Lipinski definition) is 0. The van der Waals surface area contributed by atoms with Crippen LogP contribution in [0.2, 0.25) is 5.02 Å². The maximum absolute atomic E-state index is 12.7. The molecule has 0 aliphatic rings. The Bertz CT molecular complexity index is 1080. The van der Waals surface area contributed by atoms with E-state index in [-0.39, 0.29) is 5.91 Å². The third-order valence-electron chi connectivity index (χ3n) is 5.33. The summed E-state index contributed by atoms with van der Waals surface area (Å²) in [5.41, 5.74) is 5.48. The van der Waals surface area contributed by atoms with Gasteiger partial charge < -0.3 is 14.1 Å². The number of likely N-dealkylation sites (N-methyl/N-ethyl adjacent to an activating group) is 1. The number of halogens is 1. The number of aryl methyl sites for hydroxylation is 1. The normalized spacial score (nSPS) is 11.7. The molecule has 0 unspecified atom stereocenters. The number of carbonyl (C=O) groups excluding carboxylic acids is 1. The monoisotopic (exact) mass is 425 g/mol. The molecule has 0 N–H and O–H groups in total. The van der Waals surface area contributed by atoms with Crippen molar-refractivity contribution in [2.75, 3.05) is 19.7 Å². The van der Waals surface area contributed by atoms with E-state index >= 15 is 0 Å². The van der Waals surface area contributed by atoms with Crippen LogP contribution in [0.4, 0.5) is 0 Å². The fraction of sp³-hybridized carbons (Fsp3) is 0.320. The van der Waals surface area contributed by atoms with Gasteiger partial charge in [-0.15, -0.1) is 0 Å². The molecule has 0 fully saturated rings. The fourth-order valence-electron chi connectivity index (χ4n) is 3.68. The molecule has 5 heteroatoms. The van der Waals surface area contributed by atoms with Crippen molar-refractivity contribution in [3.05, 3.63) is 58.8 Å². The molecule has 0 spiro atoms. The zero-order chi connectivity index (χ0) is 21.8. The summed E-state index contributed by atoms with van der Waals surface area (Å²) in [7, 11) is 0. The van der Waals surface area contributed by atoms with E-state index in [4.69, 9.17) is 20.8 Å². The smallest absolute Gasteiger partial charge is 0.246 e. The summed E-state index contributed by atoms with van der Waals surface area (Å²) in [5, 5.41) is 1.67. The SMILES string of the molecule is CCOc1c(/C(C)=C/C(=O)N(CC)CC)cc2c(-c3ccc(Cl)cc3)coc2c1C. The molecule has 0 aliphatic heterocycles. The van der Waals surface area contributed by atoms with E-state index < -0.39 is 0 Å². The fourth-order valence-corrected chi connectivity index (χ4v) is 3.81. The highest BCUT2D eigenvalue weighted by Gasteiger charge is 2.19. The van der Waals surface area contributed by atoms with Crippen molar-refractivity contribution in [1.82, 2.24) is 4.90 Å². The molecule has 1 amide bonds. The van der Waals surface area contributed by atoms with Crippen LogP contribution in [0.3, 0.4) is 0 Å². The Labute approximate surface area is 183 Å². The van der Waals surface area contributed by atoms with Gasteiger partial charge in [0.2, 0.25) is 5.91 Å². The van der Waals surface area contributed by atoms with E-state index in [1.165, 1.54) is 0 Å². The molecular weight excluding hydrogens is 398 g/mol. The second kappa shape index (κ2) is 9.40. The number of amides is 1. The van der Waals surface area contributed by atoms with E-state index in [1.54, 1.807) is 17.2 Å². The lowest BCUT2D eigenvalue weighted by Crippen LogP contribution is -2.28. The summed E-state index contributed by atoms with van der Waals surface area (Å²) in [6, 6.07) is 9.75. The second-order valence-corrected chi connectivity index (χ2v) is 7.62. The zero-order valence-electron chi connectivity index (χ0n) is 18.2. The minimum atomic E-state index is 0.00261. The first-order chi connectivity index (χ1) is 14.4. The number of furan rings is 1. The van der Waals surface area contributed by atoms with E-state index in [0.29, 0.717) is 24.7 Å². The number of fused-ring (bicyclic) bond motifs is 1. The molecular formula is C25H28ClNO3. The van der Waals surface area contributed by atoms with Gasteiger partial charge in [-0.3, -0.25) is 4.79 Å². The van der Waals surface area contributed by atoms with Crippen LogP contribution in [0, 0.1) is 6.92 Å². The van der Waals surface area contributed by atoms with Crippen LogP contribution in [0.15, 0.2) is 47.1 Å². The lowest BCUT2D eigenvalue weighted by Gasteiger charge is -2.18. The Kier molecular flexibility index (Phi) is 6.88. The number of ether oxygens (including phenoxy) is 1. The molecule has 30 heavy (non-hydrogen) atoms. The van der Waals surface area contributed by atoms with Crippen LogP contribution in [-0.4, -0.2) is 30.5 Å². The summed E-state index contributed by atoms with van der Waals surface area (Å²) in [6.07, 6.45) is 3.46. The molecule has 0 saturated heterocycles. The number of nitrogens with zero attached hydrogens (tertiary/aromatic N) is 1. The van der Waals surface area contributed by atoms with Gasteiger partial charge >= 0.3 is 0 Å². The predicted octanol–water partition coefficient (Wildman–Crippen LogP) is 6.73. The number of hydrogen-bond acceptors (Lipinski definition) is 3. The number of rotatable bonds is 7. The van der Waals surface area contributed by atoms with Gasteiger partial charge in [0, 0.05) is 46.3 Å². The first-order valence-corrected chi connectivity index (χ1v) is 10.7. The predicted molar refractivity (Wildman–Crippen MR) is 124 cm³/mol. The van der Waals surface area contributed by atoms with E-state index in [2.05, 4.69) is 6.07 Å². The van der Waals surface area contributed by atoms with Gasteiger partial charge in [0.15, 0.2) is 0 Å². The van der Waals surface area contributed by atoms with Crippen LogP contribution < -0.4 is 4.74 Å². The first-order valence-electron chi connectivity index (χ1n) is 10.3. The Morgan fingerprint density at radius 3 is 2.43 bits per heavy atom. The van der Waals surface area contributed by atoms with Crippen LogP contribution in [0.5, 0.6) is 5.75 Å². The molecule has 0 radical (unpaired) electrons. The molecule has 2 aromatic carbocycles. The zero-order valence-corrected chi connectivity index (χ0v) is 19.0. The van der Waals surface area contributed by atoms with Crippen LogP contribution in [0.25, 0.3) is 27.7 Å². The van der Waals surface area contributed by atoms with Gasteiger partial charge in [0.25, 0.3) is 0 Å². The third-order valence-corrected chi connectivity index (χ3v) is 5.58. The molecule has 158 valence electrons. The summed E-state index contributed by atoms with van der Waals surface area (Å²) < 4.78 is 11.9. The maximum Gasteiger partial charge on any atom is 0.246 e. The van der Waals surface area contributed by atoms with Crippen LogP contribution in [0.1, 0.15) is 38.8 Å². The highest BCUT2D eigenvalue weighted by Crippen LogP contribution is 2.41. The molecule has 1 aromatic heterocycles. The third kappa shape index (κ3) is 4.24. The van der Waals surface area contributed by atoms with E-state index in [9.17, 15) is 4.79 Å². The largest absolute Gasteiger partial charge is 0.493 e. The molecule has 0 atom stereocenters. The van der Waals surface area contributed by atoms with Gasteiger partial charge in [-0.25, -0.2) is 0 Å². The second-order valence-electron chi connectivity index (χ2n) is 7.18. The van der Waals surface area contributed by atoms with Crippen molar-refractivity contribution in [1.29, 1.82) is 0 Å². The quantitative estimate of drug-likeness (QED) is 0.394. The number of benzene rings is 2. The molecule has 3 aromatic rings. The summed E-state index contributed by atoms with van der Waals surface area (Å²) in [6.45, 7) is 11.7. The average molecular weight is 426 g/mol. The van der Waals surface area contributed by atoms with Crippen molar-refractivity contribution in [3.63, 3.8) is 0 Å². The summed E-state index contributed by atoms with van der Waals surface area (Å²) >= 11 is 6.05. The van der Waals surface area contributed by atoms with Crippen molar-refractivity contribution in [2.24, 2.45) is 0 Å². The lowest BCUT2D eigenvalue weighted by atomic mass is 9.96. The minimum absolute atomic E-state index is 0.00261. The Morgan fingerprint density at radius 2 is 1.83 bits per heavy atom. The lowest BCUT2D eigenvalue weighted by molar-refractivity contribution is -0.125. The van der Waals surface area contributed by atoms with Gasteiger partial charge in [-0.05, 0) is 64.0 Å². The van der Waals surface area contributed by atoms with Gasteiger partial charge in [-0.2, -0.15) is 0 Å². The van der Waals surface area contributed by atoms with Crippen molar-refractivity contribution in [2.45, 2.75) is 34.6 Å². The van der Waals surface area contributed by atoms with E-state index in [1.807, 2.05) is 58.9 Å². The topological polar surface area (TPSA) is 42.7 Å². The molecule has 0 aliphatic carbocycles. The average Bonchev–Trinajstić information content (AvgIpc) is 3.15. The molecule has 0 bridgehead atoms. The Hall–Kier alpha value is -2.72. The van der Waals surface area contributed by atoms with Gasteiger partial charge in [0.1, 0.15) is 11.3 Å². The first kappa shape index (κ1) is 22.0. The Balaban J connectivity index is 2.19. The molecule has 0 saturated carbocycles. The van der Waals surface area contributed by atoms with Gasteiger partial charge in [-0.1, -0.05) is 23.7 Å². The molecule has 3 rings (SSSR count). The highest BCUT2D eigenvalue weighted by atomic mass is 35.5. The summed E-state index contributed by atoms with van der Waals surface area (Å²) in [4.78, 5) is 14.5. The molecule has 4 nitrogen and oxygen atoms in total. The van der Waals surface area contributed by atoms with Gasteiger partial charge in [0.05, 0.1) is 12.9 Å². The van der Waals surface area contributed by atoms with Crippen molar-refractivity contribution >= 4 is 34.1 Å². The summed E-state index contributed by atoms with van der Waals surface area (Å²) in [5.74, 6) is 0.755. The highest BCUT2D eigenvalue weighted by molar-refractivity contribution is 6.30. The van der Waals surface area contributed by atoms with Crippen LogP contribution >= 0.6 is 11.6 Å². The maximum atomic E-state index is 12.7.